The van der Waals surface area contributed by atoms with E-state index in [1.165, 1.54) is 5.56 Å². The third kappa shape index (κ3) is 4.82. The van der Waals surface area contributed by atoms with Crippen molar-refractivity contribution < 1.29 is 9.59 Å². The van der Waals surface area contributed by atoms with Crippen LogP contribution in [0.4, 0.5) is 0 Å². The molecule has 6 heteroatoms. The third-order valence-electron chi connectivity index (χ3n) is 5.95. The number of carbonyl (C=O) groups is 2. The fraction of sp³-hybridized carbons (Fsp3) is 0.435. The van der Waals surface area contributed by atoms with E-state index in [4.69, 9.17) is 0 Å². The third-order valence-corrected chi connectivity index (χ3v) is 5.95. The first-order chi connectivity index (χ1) is 14.2. The van der Waals surface area contributed by atoms with Gasteiger partial charge in [-0.2, -0.15) is 0 Å². The van der Waals surface area contributed by atoms with Crippen molar-refractivity contribution in [3.8, 4) is 0 Å². The van der Waals surface area contributed by atoms with E-state index >= 15 is 0 Å². The van der Waals surface area contributed by atoms with Crippen molar-refractivity contribution in [2.75, 3.05) is 39.3 Å². The first kappa shape index (κ1) is 19.6. The van der Waals surface area contributed by atoms with Gasteiger partial charge in [0.05, 0.1) is 0 Å². The van der Waals surface area contributed by atoms with Gasteiger partial charge in [0.1, 0.15) is 5.69 Å². The van der Waals surface area contributed by atoms with Crippen LogP contribution in [-0.2, 0) is 11.3 Å². The van der Waals surface area contributed by atoms with Crippen LogP contribution in [0.25, 0.3) is 0 Å². The Morgan fingerprint density at radius 2 is 1.48 bits per heavy atom. The van der Waals surface area contributed by atoms with Gasteiger partial charge >= 0.3 is 0 Å². The summed E-state index contributed by atoms with van der Waals surface area (Å²) in [5.74, 6) is 0.321. The van der Waals surface area contributed by atoms with Gasteiger partial charge in [-0.1, -0.05) is 36.4 Å². The van der Waals surface area contributed by atoms with Crippen molar-refractivity contribution >= 4 is 11.8 Å². The van der Waals surface area contributed by atoms with E-state index in [-0.39, 0.29) is 17.7 Å². The van der Waals surface area contributed by atoms with Gasteiger partial charge in [0.25, 0.3) is 5.91 Å². The van der Waals surface area contributed by atoms with Gasteiger partial charge in [0.15, 0.2) is 0 Å². The second-order valence-electron chi connectivity index (χ2n) is 7.87. The van der Waals surface area contributed by atoms with Gasteiger partial charge in [-0.05, 0) is 43.6 Å². The van der Waals surface area contributed by atoms with Crippen molar-refractivity contribution in [3.63, 3.8) is 0 Å². The summed E-state index contributed by atoms with van der Waals surface area (Å²) in [6, 6.07) is 15.9. The predicted molar refractivity (Wildman–Crippen MR) is 111 cm³/mol. The summed E-state index contributed by atoms with van der Waals surface area (Å²) in [6.45, 7) is 5.26. The molecule has 2 aliphatic heterocycles. The number of carbonyl (C=O) groups excluding carboxylic acids is 2. The monoisotopic (exact) mass is 392 g/mol. The van der Waals surface area contributed by atoms with E-state index in [1.54, 1.807) is 23.2 Å². The van der Waals surface area contributed by atoms with E-state index in [0.717, 1.165) is 32.5 Å². The molecule has 6 nitrogen and oxygen atoms in total. The number of nitrogens with zero attached hydrogens (tertiary/aromatic N) is 4. The van der Waals surface area contributed by atoms with Gasteiger partial charge in [-0.3, -0.25) is 19.5 Å². The molecule has 0 saturated carbocycles. The number of hydrogen-bond donors (Lipinski definition) is 0. The minimum absolute atomic E-state index is 0.0491. The summed E-state index contributed by atoms with van der Waals surface area (Å²) in [6.07, 6.45) is 3.47. The number of piperazine rings is 1. The Kier molecular flexibility index (Phi) is 6.20. The van der Waals surface area contributed by atoms with Gasteiger partial charge in [0, 0.05) is 44.8 Å². The molecule has 3 heterocycles. The van der Waals surface area contributed by atoms with E-state index in [2.05, 4.69) is 34.1 Å². The van der Waals surface area contributed by atoms with E-state index in [9.17, 15) is 9.59 Å². The van der Waals surface area contributed by atoms with Crippen LogP contribution in [0.5, 0.6) is 0 Å². The Morgan fingerprint density at radius 1 is 0.828 bits per heavy atom. The summed E-state index contributed by atoms with van der Waals surface area (Å²) in [5.41, 5.74) is 1.80. The van der Waals surface area contributed by atoms with Crippen LogP contribution < -0.4 is 0 Å². The Labute approximate surface area is 172 Å². The van der Waals surface area contributed by atoms with Crippen molar-refractivity contribution in [1.29, 1.82) is 0 Å². The molecular weight excluding hydrogens is 364 g/mol. The fourth-order valence-corrected chi connectivity index (χ4v) is 4.22. The highest BCUT2D eigenvalue weighted by Gasteiger charge is 2.31. The molecule has 4 rings (SSSR count). The number of likely N-dealkylation sites (tertiary alicyclic amines) is 1. The van der Waals surface area contributed by atoms with E-state index < -0.39 is 0 Å². The zero-order valence-corrected chi connectivity index (χ0v) is 16.7. The predicted octanol–water partition coefficient (Wildman–Crippen LogP) is 2.28. The SMILES string of the molecule is O=C(c1ccccn1)N1CCN(C(=O)C2CCN(Cc3ccccc3)CC2)CC1. The van der Waals surface area contributed by atoms with E-state index in [0.29, 0.717) is 31.9 Å². The van der Waals surface area contributed by atoms with Crippen molar-refractivity contribution in [1.82, 2.24) is 19.7 Å². The normalized spacial score (nSPS) is 18.6. The zero-order chi connectivity index (χ0) is 20.1. The smallest absolute Gasteiger partial charge is 0.272 e. The van der Waals surface area contributed by atoms with Crippen molar-refractivity contribution in [3.05, 3.63) is 66.0 Å². The number of pyridine rings is 1. The first-order valence-electron chi connectivity index (χ1n) is 10.5. The molecule has 29 heavy (non-hydrogen) atoms. The second-order valence-corrected chi connectivity index (χ2v) is 7.87. The van der Waals surface area contributed by atoms with E-state index in [1.807, 2.05) is 17.0 Å². The first-order valence-corrected chi connectivity index (χ1v) is 10.5. The highest BCUT2D eigenvalue weighted by molar-refractivity contribution is 5.92. The fourth-order valence-electron chi connectivity index (χ4n) is 4.22. The molecule has 0 aliphatic carbocycles. The lowest BCUT2D eigenvalue weighted by atomic mass is 9.94. The van der Waals surface area contributed by atoms with Crippen LogP contribution in [0.2, 0.25) is 0 Å². The Hall–Kier alpha value is -2.73. The van der Waals surface area contributed by atoms with Crippen LogP contribution in [0.3, 0.4) is 0 Å². The van der Waals surface area contributed by atoms with Crippen molar-refractivity contribution in [2.24, 2.45) is 5.92 Å². The molecule has 0 N–H and O–H groups in total. The minimum atomic E-state index is -0.0491. The average Bonchev–Trinajstić information content (AvgIpc) is 2.80. The number of rotatable bonds is 4. The molecule has 1 aromatic heterocycles. The standard InChI is InChI=1S/C23H28N4O2/c28-22(20-9-12-25(13-10-20)18-19-6-2-1-3-7-19)26-14-16-27(17-15-26)23(29)21-8-4-5-11-24-21/h1-8,11,20H,9-10,12-18H2. The molecule has 2 fully saturated rings. The molecule has 0 atom stereocenters. The number of benzene rings is 1. The summed E-state index contributed by atoms with van der Waals surface area (Å²) >= 11 is 0. The van der Waals surface area contributed by atoms with Crippen LogP contribution >= 0.6 is 0 Å². The maximum Gasteiger partial charge on any atom is 0.272 e. The second kappa shape index (κ2) is 9.18. The molecule has 2 aliphatic rings. The van der Waals surface area contributed by atoms with Gasteiger partial charge in [0.2, 0.25) is 5.91 Å². The summed E-state index contributed by atoms with van der Waals surface area (Å²) in [4.78, 5) is 35.8. The molecule has 0 spiro atoms. The average molecular weight is 393 g/mol. The quantitative estimate of drug-likeness (QED) is 0.801. The van der Waals surface area contributed by atoms with Gasteiger partial charge in [-0.25, -0.2) is 0 Å². The van der Waals surface area contributed by atoms with Crippen molar-refractivity contribution in [2.45, 2.75) is 19.4 Å². The summed E-state index contributed by atoms with van der Waals surface area (Å²) in [7, 11) is 0. The molecule has 2 saturated heterocycles. The molecule has 0 bridgehead atoms. The molecule has 1 aromatic carbocycles. The van der Waals surface area contributed by atoms with Gasteiger partial charge < -0.3 is 9.80 Å². The lowest BCUT2D eigenvalue weighted by molar-refractivity contribution is -0.138. The summed E-state index contributed by atoms with van der Waals surface area (Å²) < 4.78 is 0. The van der Waals surface area contributed by atoms with Crippen LogP contribution in [0.1, 0.15) is 28.9 Å². The molecule has 2 amide bonds. The zero-order valence-electron chi connectivity index (χ0n) is 16.7. The number of aromatic nitrogens is 1. The highest BCUT2D eigenvalue weighted by Crippen LogP contribution is 2.22. The van der Waals surface area contributed by atoms with Crippen LogP contribution in [-0.4, -0.2) is 70.8 Å². The van der Waals surface area contributed by atoms with Gasteiger partial charge in [-0.15, -0.1) is 0 Å². The molecule has 2 aromatic rings. The molecule has 0 radical (unpaired) electrons. The van der Waals surface area contributed by atoms with Crippen LogP contribution in [0.15, 0.2) is 54.7 Å². The topological polar surface area (TPSA) is 56.8 Å². The minimum Gasteiger partial charge on any atom is -0.339 e. The Morgan fingerprint density at radius 3 is 2.14 bits per heavy atom. The lowest BCUT2D eigenvalue weighted by Crippen LogP contribution is -2.53. The highest BCUT2D eigenvalue weighted by atomic mass is 16.2. The Balaban J connectivity index is 1.23. The maximum absolute atomic E-state index is 13.0. The largest absolute Gasteiger partial charge is 0.339 e. The molecule has 0 unspecified atom stereocenters. The van der Waals surface area contributed by atoms with Crippen LogP contribution in [0, 0.1) is 5.92 Å². The summed E-state index contributed by atoms with van der Waals surface area (Å²) in [5, 5.41) is 0. The number of piperidine rings is 1. The molecule has 152 valence electrons. The Bertz CT molecular complexity index is 811. The lowest BCUT2D eigenvalue weighted by Gasteiger charge is -2.38. The number of amides is 2. The maximum atomic E-state index is 13.0. The number of hydrogen-bond acceptors (Lipinski definition) is 4. The molecular formula is C23H28N4O2.